The molecule has 1 aliphatic rings. The molecule has 1 heterocycles. The number of halogens is 1. The van der Waals surface area contributed by atoms with Gasteiger partial charge in [-0.1, -0.05) is 0 Å². The topological polar surface area (TPSA) is 45.0 Å². The molecular weight excluding hydrogens is 231 g/mol. The lowest BCUT2D eigenvalue weighted by atomic mass is 10.1. The lowest BCUT2D eigenvalue weighted by Crippen LogP contribution is -2.24. The molecule has 1 aromatic carbocycles. The number of hydrogen-bond acceptors (Lipinski definition) is 3. The largest absolute Gasteiger partial charge is 0.382 e. The maximum Gasteiger partial charge on any atom is 0.141 e. The monoisotopic (exact) mass is 248 g/mol. The van der Waals surface area contributed by atoms with E-state index in [-0.39, 0.29) is 17.3 Å². The van der Waals surface area contributed by atoms with Gasteiger partial charge >= 0.3 is 0 Å². The van der Waals surface area contributed by atoms with E-state index in [0.717, 1.165) is 18.5 Å². The van der Waals surface area contributed by atoms with Crippen LogP contribution >= 0.6 is 0 Å². The maximum atomic E-state index is 13.1. The van der Waals surface area contributed by atoms with Gasteiger partial charge < -0.3 is 10.1 Å². The van der Waals surface area contributed by atoms with E-state index < -0.39 is 5.82 Å². The molecule has 0 bridgehead atoms. The Morgan fingerprint density at radius 1 is 1.56 bits per heavy atom. The molecule has 1 fully saturated rings. The van der Waals surface area contributed by atoms with Crippen molar-refractivity contribution in [3.8, 4) is 6.07 Å². The lowest BCUT2D eigenvalue weighted by Gasteiger charge is -2.19. The number of hydrogen-bond donors (Lipinski definition) is 1. The summed E-state index contributed by atoms with van der Waals surface area (Å²) in [6.07, 6.45) is 2.24. The lowest BCUT2D eigenvalue weighted by molar-refractivity contribution is -0.00910. The molecule has 0 saturated carbocycles. The molecule has 1 atom stereocenters. The van der Waals surface area contributed by atoms with Gasteiger partial charge in [-0.25, -0.2) is 4.39 Å². The number of nitrogens with zero attached hydrogens (tertiary/aromatic N) is 1. The normalized spacial score (nSPS) is 21.6. The molecule has 0 aromatic heterocycles. The smallest absolute Gasteiger partial charge is 0.141 e. The molecule has 3 nitrogen and oxygen atoms in total. The van der Waals surface area contributed by atoms with Gasteiger partial charge in [0.2, 0.25) is 0 Å². The number of ether oxygens (including phenoxy) is 1. The van der Waals surface area contributed by atoms with Gasteiger partial charge in [0.1, 0.15) is 11.9 Å². The Labute approximate surface area is 107 Å². The molecule has 1 unspecified atom stereocenters. The van der Waals surface area contributed by atoms with Crippen molar-refractivity contribution in [2.75, 3.05) is 11.9 Å². The van der Waals surface area contributed by atoms with Gasteiger partial charge in [0.25, 0.3) is 0 Å². The quantitative estimate of drug-likeness (QED) is 0.894. The predicted octanol–water partition coefficient (Wildman–Crippen LogP) is 3.07. The molecule has 96 valence electrons. The molecule has 0 aliphatic carbocycles. The predicted molar refractivity (Wildman–Crippen MR) is 67.8 cm³/mol. The van der Waals surface area contributed by atoms with Crippen LogP contribution < -0.4 is 5.32 Å². The first-order valence-electron chi connectivity index (χ1n) is 6.11. The molecule has 4 heteroatoms. The first kappa shape index (κ1) is 12.8. The number of rotatable bonds is 3. The van der Waals surface area contributed by atoms with Crippen LogP contribution in [0.4, 0.5) is 10.1 Å². The minimum atomic E-state index is -0.485. The molecule has 1 N–H and O–H groups in total. The van der Waals surface area contributed by atoms with Crippen molar-refractivity contribution in [1.82, 2.24) is 0 Å². The summed E-state index contributed by atoms with van der Waals surface area (Å²) in [5, 5.41) is 11.9. The van der Waals surface area contributed by atoms with E-state index in [1.807, 2.05) is 6.07 Å². The van der Waals surface area contributed by atoms with Crippen molar-refractivity contribution >= 4 is 5.69 Å². The first-order chi connectivity index (χ1) is 8.50. The van der Waals surface area contributed by atoms with Crippen LogP contribution in [0.3, 0.4) is 0 Å². The summed E-state index contributed by atoms with van der Waals surface area (Å²) in [7, 11) is 0. The maximum absolute atomic E-state index is 13.1. The van der Waals surface area contributed by atoms with Gasteiger partial charge in [0.15, 0.2) is 0 Å². The molecule has 1 saturated heterocycles. The zero-order valence-electron chi connectivity index (χ0n) is 10.7. The van der Waals surface area contributed by atoms with Crippen molar-refractivity contribution in [3.63, 3.8) is 0 Å². The summed E-state index contributed by atoms with van der Waals surface area (Å²) >= 11 is 0. The summed E-state index contributed by atoms with van der Waals surface area (Å²) < 4.78 is 19.0. The molecule has 0 amide bonds. The SMILES string of the molecule is CC1(C)CCC(CNc2ccc(F)c(C#N)c2)O1. The third-order valence-corrected chi connectivity index (χ3v) is 3.17. The minimum absolute atomic E-state index is 0.0487. The van der Waals surface area contributed by atoms with Crippen LogP contribution in [0.5, 0.6) is 0 Å². The summed E-state index contributed by atoms with van der Waals surface area (Å²) in [4.78, 5) is 0. The average molecular weight is 248 g/mol. The highest BCUT2D eigenvalue weighted by atomic mass is 19.1. The van der Waals surface area contributed by atoms with E-state index in [2.05, 4.69) is 19.2 Å². The Balaban J connectivity index is 1.93. The molecule has 2 rings (SSSR count). The number of benzene rings is 1. The van der Waals surface area contributed by atoms with Crippen LogP contribution in [0.2, 0.25) is 0 Å². The van der Waals surface area contributed by atoms with E-state index >= 15 is 0 Å². The fraction of sp³-hybridized carbons (Fsp3) is 0.500. The zero-order valence-corrected chi connectivity index (χ0v) is 10.7. The fourth-order valence-corrected chi connectivity index (χ4v) is 2.17. The van der Waals surface area contributed by atoms with E-state index in [9.17, 15) is 4.39 Å². The molecule has 0 spiro atoms. The van der Waals surface area contributed by atoms with Crippen molar-refractivity contribution in [2.45, 2.75) is 38.4 Å². The van der Waals surface area contributed by atoms with Crippen molar-refractivity contribution < 1.29 is 9.13 Å². The third-order valence-electron chi connectivity index (χ3n) is 3.17. The third kappa shape index (κ3) is 2.99. The van der Waals surface area contributed by atoms with Crippen LogP contribution in [0, 0.1) is 17.1 Å². The Hall–Kier alpha value is -1.60. The van der Waals surface area contributed by atoms with E-state index in [1.54, 1.807) is 6.07 Å². The van der Waals surface area contributed by atoms with Crippen LogP contribution in [0.15, 0.2) is 18.2 Å². The van der Waals surface area contributed by atoms with Crippen LogP contribution in [-0.4, -0.2) is 18.2 Å². The van der Waals surface area contributed by atoms with Gasteiger partial charge in [-0.3, -0.25) is 0 Å². The van der Waals surface area contributed by atoms with Gasteiger partial charge in [-0.05, 0) is 44.9 Å². The molecule has 18 heavy (non-hydrogen) atoms. The highest BCUT2D eigenvalue weighted by Crippen LogP contribution is 2.29. The van der Waals surface area contributed by atoms with Crippen LogP contribution in [0.25, 0.3) is 0 Å². The summed E-state index contributed by atoms with van der Waals surface area (Å²) in [6.45, 7) is 4.84. The zero-order chi connectivity index (χ0) is 13.2. The Kier molecular flexibility index (Phi) is 3.53. The Bertz CT molecular complexity index is 479. The summed E-state index contributed by atoms with van der Waals surface area (Å²) in [6, 6.07) is 6.29. The van der Waals surface area contributed by atoms with Crippen LogP contribution in [0.1, 0.15) is 32.3 Å². The van der Waals surface area contributed by atoms with Gasteiger partial charge in [0.05, 0.1) is 17.3 Å². The molecule has 1 aromatic rings. The van der Waals surface area contributed by atoms with Crippen molar-refractivity contribution in [2.24, 2.45) is 0 Å². The van der Waals surface area contributed by atoms with Crippen molar-refractivity contribution in [1.29, 1.82) is 5.26 Å². The number of anilines is 1. The second kappa shape index (κ2) is 4.95. The Morgan fingerprint density at radius 3 is 2.94 bits per heavy atom. The first-order valence-corrected chi connectivity index (χ1v) is 6.11. The summed E-state index contributed by atoms with van der Waals surface area (Å²) in [5.41, 5.74) is 0.765. The van der Waals surface area contributed by atoms with Gasteiger partial charge in [-0.15, -0.1) is 0 Å². The second-order valence-electron chi connectivity index (χ2n) is 5.23. The standard InChI is InChI=1S/C14H17FN2O/c1-14(2)6-5-12(18-14)9-17-11-3-4-13(15)10(7-11)8-16/h3-4,7,12,17H,5-6,9H2,1-2H3. The molecule has 1 aliphatic heterocycles. The summed E-state index contributed by atoms with van der Waals surface area (Å²) in [5.74, 6) is -0.485. The second-order valence-corrected chi connectivity index (χ2v) is 5.23. The van der Waals surface area contributed by atoms with Crippen molar-refractivity contribution in [3.05, 3.63) is 29.6 Å². The van der Waals surface area contributed by atoms with E-state index in [0.29, 0.717) is 6.54 Å². The average Bonchev–Trinajstić information content (AvgIpc) is 2.68. The number of nitriles is 1. The van der Waals surface area contributed by atoms with Gasteiger partial charge in [-0.2, -0.15) is 5.26 Å². The van der Waals surface area contributed by atoms with E-state index in [1.165, 1.54) is 12.1 Å². The van der Waals surface area contributed by atoms with E-state index in [4.69, 9.17) is 10.00 Å². The Morgan fingerprint density at radius 2 is 2.33 bits per heavy atom. The fourth-order valence-electron chi connectivity index (χ4n) is 2.17. The van der Waals surface area contributed by atoms with Crippen LogP contribution in [-0.2, 0) is 4.74 Å². The highest BCUT2D eigenvalue weighted by molar-refractivity contribution is 5.49. The molecule has 0 radical (unpaired) electrons. The highest BCUT2D eigenvalue weighted by Gasteiger charge is 2.31. The van der Waals surface area contributed by atoms with Gasteiger partial charge in [0, 0.05) is 12.2 Å². The molecular formula is C14H17FN2O. The number of nitrogens with one attached hydrogen (secondary N) is 1. The minimum Gasteiger partial charge on any atom is -0.382 e.